The van der Waals surface area contributed by atoms with E-state index in [0.29, 0.717) is 35.9 Å². The summed E-state index contributed by atoms with van der Waals surface area (Å²) < 4.78 is 3.25. The summed E-state index contributed by atoms with van der Waals surface area (Å²) in [5.41, 5.74) is 18.0. The van der Waals surface area contributed by atoms with Gasteiger partial charge in [0.2, 0.25) is 12.1 Å². The lowest BCUT2D eigenvalue weighted by molar-refractivity contribution is -0.765. The summed E-state index contributed by atoms with van der Waals surface area (Å²) in [7, 11) is 1.68. The molecule has 2 atom stereocenters. The lowest BCUT2D eigenvalue weighted by atomic mass is 10.0. The SMILES string of the molecule is Cn1c(N)c(NC(=O)NCCN)c[n+]1CC1=C(C(=O)O)N2C(=O)[C@@H](N)[C@H]2SC1. The number of nitrogens with zero attached hydrogens (tertiary/aromatic N) is 3. The van der Waals surface area contributed by atoms with Crippen molar-refractivity contribution in [2.24, 2.45) is 18.5 Å². The molecule has 0 aromatic carbocycles. The van der Waals surface area contributed by atoms with Crippen molar-refractivity contribution in [1.82, 2.24) is 14.9 Å². The quantitative estimate of drug-likeness (QED) is 0.220. The summed E-state index contributed by atoms with van der Waals surface area (Å²) in [4.78, 5) is 36.9. The molecule has 28 heavy (non-hydrogen) atoms. The molecule has 152 valence electrons. The van der Waals surface area contributed by atoms with Gasteiger partial charge in [0, 0.05) is 24.4 Å². The van der Waals surface area contributed by atoms with Gasteiger partial charge in [0.25, 0.3) is 0 Å². The number of anilines is 2. The fourth-order valence-corrected chi connectivity index (χ4v) is 4.39. The van der Waals surface area contributed by atoms with E-state index < -0.39 is 23.9 Å². The Bertz CT molecular complexity index is 866. The van der Waals surface area contributed by atoms with Gasteiger partial charge in [0.15, 0.2) is 18.1 Å². The highest BCUT2D eigenvalue weighted by atomic mass is 32.2. The van der Waals surface area contributed by atoms with Crippen LogP contribution in [-0.4, -0.2) is 62.9 Å². The second kappa shape index (κ2) is 7.69. The molecule has 0 spiro atoms. The zero-order valence-electron chi connectivity index (χ0n) is 15.2. The maximum absolute atomic E-state index is 12.0. The highest BCUT2D eigenvalue weighted by Crippen LogP contribution is 2.39. The number of hydrogen-bond donors (Lipinski definition) is 6. The van der Waals surface area contributed by atoms with Gasteiger partial charge in [-0.1, -0.05) is 0 Å². The Morgan fingerprint density at radius 3 is 2.82 bits per heavy atom. The Morgan fingerprint density at radius 1 is 1.46 bits per heavy atom. The van der Waals surface area contributed by atoms with E-state index in [-0.39, 0.29) is 17.6 Å². The lowest BCUT2D eigenvalue weighted by Gasteiger charge is -2.47. The zero-order chi connectivity index (χ0) is 20.6. The van der Waals surface area contributed by atoms with Gasteiger partial charge in [-0.2, -0.15) is 0 Å². The highest BCUT2D eigenvalue weighted by Gasteiger charge is 2.52. The van der Waals surface area contributed by atoms with Gasteiger partial charge in [-0.05, 0) is 0 Å². The summed E-state index contributed by atoms with van der Waals surface area (Å²) in [5.74, 6) is -0.865. The summed E-state index contributed by atoms with van der Waals surface area (Å²) in [6.45, 7) is 0.812. The predicted octanol–water partition coefficient (Wildman–Crippen LogP) is -2.44. The average molecular weight is 411 g/mol. The van der Waals surface area contributed by atoms with Gasteiger partial charge in [-0.25, -0.2) is 9.59 Å². The Balaban J connectivity index is 1.84. The van der Waals surface area contributed by atoms with Crippen LogP contribution in [0.5, 0.6) is 0 Å². The van der Waals surface area contributed by atoms with Crippen LogP contribution >= 0.6 is 11.8 Å². The monoisotopic (exact) mass is 411 g/mol. The van der Waals surface area contributed by atoms with E-state index in [2.05, 4.69) is 10.6 Å². The number of hydrogen-bond acceptors (Lipinski definition) is 7. The van der Waals surface area contributed by atoms with Crippen molar-refractivity contribution >= 4 is 41.2 Å². The first-order chi connectivity index (χ1) is 13.3. The highest BCUT2D eigenvalue weighted by molar-refractivity contribution is 8.00. The van der Waals surface area contributed by atoms with Crippen LogP contribution in [-0.2, 0) is 23.2 Å². The number of thioether (sulfide) groups is 1. The zero-order valence-corrected chi connectivity index (χ0v) is 16.0. The maximum Gasteiger partial charge on any atom is 0.352 e. The van der Waals surface area contributed by atoms with E-state index >= 15 is 0 Å². The Labute approximate surface area is 164 Å². The summed E-state index contributed by atoms with van der Waals surface area (Å²) >= 11 is 1.42. The minimum atomic E-state index is -1.18. The Kier molecular flexibility index (Phi) is 5.49. The number of aliphatic carboxylic acids is 1. The van der Waals surface area contributed by atoms with Crippen molar-refractivity contribution in [2.45, 2.75) is 18.0 Å². The molecule has 1 fully saturated rings. The first kappa shape index (κ1) is 20.0. The third-order valence-electron chi connectivity index (χ3n) is 4.61. The minimum absolute atomic E-state index is 0.0436. The van der Waals surface area contributed by atoms with Crippen LogP contribution < -0.4 is 32.5 Å². The standard InChI is InChI=1S/C15H22N8O4S/c1-21-11(18)8(20-15(27)19-3-2-16)5-22(21)4-7-6-28-13-9(17)12(24)23(13)10(7)14(25)26/h5,9,13,18H,2-4,6,16-17H2,1H3,(H3,19,20,25,26,27)/p+1/t9-,13-/m1/s1. The van der Waals surface area contributed by atoms with Crippen molar-refractivity contribution in [2.75, 3.05) is 29.9 Å². The summed E-state index contributed by atoms with van der Waals surface area (Å²) in [5, 5.41) is 14.5. The largest absolute Gasteiger partial charge is 0.477 e. The van der Waals surface area contributed by atoms with Gasteiger partial charge in [0.05, 0.1) is 7.05 Å². The molecule has 1 aromatic rings. The number of carboxylic acids is 1. The smallest absolute Gasteiger partial charge is 0.352 e. The van der Waals surface area contributed by atoms with Crippen LogP contribution in [0, 0.1) is 0 Å². The average Bonchev–Trinajstić information content (AvgIpc) is 2.92. The van der Waals surface area contributed by atoms with Crippen LogP contribution in [0.3, 0.4) is 0 Å². The Hall–Kier alpha value is -2.77. The minimum Gasteiger partial charge on any atom is -0.477 e. The van der Waals surface area contributed by atoms with E-state index in [1.54, 1.807) is 22.6 Å². The van der Waals surface area contributed by atoms with Gasteiger partial charge in [-0.15, -0.1) is 21.1 Å². The molecule has 2 aliphatic rings. The molecule has 0 aliphatic carbocycles. The van der Waals surface area contributed by atoms with Crippen molar-refractivity contribution in [3.63, 3.8) is 0 Å². The second-order valence-electron chi connectivity index (χ2n) is 6.41. The molecule has 13 heteroatoms. The fraction of sp³-hybridized carbons (Fsp3) is 0.467. The number of fused-ring (bicyclic) bond motifs is 1. The van der Waals surface area contributed by atoms with Crippen molar-refractivity contribution in [3.8, 4) is 0 Å². The molecule has 1 aromatic heterocycles. The number of carbonyl (C=O) groups excluding carboxylic acids is 2. The predicted molar refractivity (Wildman–Crippen MR) is 102 cm³/mol. The normalized spacial score (nSPS) is 21.2. The molecule has 2 aliphatic heterocycles. The molecule has 0 radical (unpaired) electrons. The fourth-order valence-electron chi connectivity index (χ4n) is 3.11. The van der Waals surface area contributed by atoms with E-state index in [1.807, 2.05) is 0 Å². The maximum atomic E-state index is 12.0. The van der Waals surface area contributed by atoms with Crippen LogP contribution in [0.4, 0.5) is 16.3 Å². The topological polar surface area (TPSA) is 186 Å². The van der Waals surface area contributed by atoms with Crippen LogP contribution in [0.25, 0.3) is 0 Å². The van der Waals surface area contributed by atoms with Crippen molar-refractivity contribution in [3.05, 3.63) is 17.5 Å². The number of aromatic nitrogens is 2. The second-order valence-corrected chi connectivity index (χ2v) is 7.52. The number of β-lactam (4-membered cyclic amide) rings is 1. The molecule has 1 saturated heterocycles. The number of rotatable bonds is 6. The van der Waals surface area contributed by atoms with E-state index in [1.165, 1.54) is 16.7 Å². The number of nitrogens with one attached hydrogen (secondary N) is 2. The van der Waals surface area contributed by atoms with Crippen molar-refractivity contribution in [1.29, 1.82) is 0 Å². The lowest BCUT2D eigenvalue weighted by Crippen LogP contribution is -2.68. The number of carboxylic acid groups (broad SMARTS) is 1. The number of urea groups is 1. The molecule has 0 bridgehead atoms. The molecule has 3 rings (SSSR count). The van der Waals surface area contributed by atoms with Gasteiger partial charge >= 0.3 is 12.0 Å². The van der Waals surface area contributed by atoms with Gasteiger partial charge < -0.3 is 27.6 Å². The van der Waals surface area contributed by atoms with Gasteiger partial charge in [-0.3, -0.25) is 15.0 Å². The Morgan fingerprint density at radius 2 is 2.18 bits per heavy atom. The third-order valence-corrected chi connectivity index (χ3v) is 5.97. The number of amides is 3. The number of nitrogen functional groups attached to an aromatic ring is 1. The molecular weight excluding hydrogens is 388 g/mol. The van der Waals surface area contributed by atoms with Crippen LogP contribution in [0.1, 0.15) is 0 Å². The molecule has 0 unspecified atom stereocenters. The first-order valence-corrected chi connectivity index (χ1v) is 9.56. The molecule has 9 N–H and O–H groups in total. The van der Waals surface area contributed by atoms with Crippen molar-refractivity contribution < 1.29 is 24.2 Å². The van der Waals surface area contributed by atoms with Crippen LogP contribution in [0.2, 0.25) is 0 Å². The van der Waals surface area contributed by atoms with Crippen LogP contribution in [0.15, 0.2) is 17.5 Å². The molecule has 3 amide bonds. The van der Waals surface area contributed by atoms with E-state index in [0.717, 1.165) is 0 Å². The van der Waals surface area contributed by atoms with E-state index in [9.17, 15) is 19.5 Å². The third kappa shape index (κ3) is 3.39. The molecular formula is C15H23N8O4S+. The number of nitrogens with two attached hydrogens (primary N) is 3. The van der Waals surface area contributed by atoms with E-state index in [4.69, 9.17) is 17.2 Å². The molecule has 0 saturated carbocycles. The van der Waals surface area contributed by atoms with Gasteiger partial charge in [0.1, 0.15) is 17.1 Å². The number of carbonyl (C=O) groups is 3. The molecule has 3 heterocycles. The molecule has 12 nitrogen and oxygen atoms in total. The summed E-state index contributed by atoms with van der Waals surface area (Å²) in [6, 6.07) is -1.13. The first-order valence-electron chi connectivity index (χ1n) is 8.51. The summed E-state index contributed by atoms with van der Waals surface area (Å²) in [6.07, 6.45) is 1.60.